The van der Waals surface area contributed by atoms with Gasteiger partial charge in [-0.05, 0) is 49.4 Å². The summed E-state index contributed by atoms with van der Waals surface area (Å²) in [5.74, 6) is 0.477. The number of carbonyl (C=O) groups excluding carboxylic acids is 1. The molecule has 0 bridgehead atoms. The van der Waals surface area contributed by atoms with Gasteiger partial charge >= 0.3 is 0 Å². The van der Waals surface area contributed by atoms with Crippen LogP contribution in [0.2, 0.25) is 0 Å². The molecule has 5 nitrogen and oxygen atoms in total. The number of aryl methyl sites for hydroxylation is 2. The molecule has 2 fully saturated rings. The first-order chi connectivity index (χ1) is 11.6. The molecule has 2 N–H and O–H groups in total. The van der Waals surface area contributed by atoms with Crippen LogP contribution in [-0.2, 0) is 7.05 Å². The number of nitrogens with zero attached hydrogens (tertiary/aromatic N) is 2. The normalized spacial score (nSPS) is 22.0. The van der Waals surface area contributed by atoms with Crippen LogP contribution in [-0.4, -0.2) is 27.8 Å². The fourth-order valence-corrected chi connectivity index (χ4v) is 3.47. The second-order valence-corrected chi connectivity index (χ2v) is 7.17. The minimum Gasteiger partial charge on any atom is -0.319 e. The zero-order valence-electron chi connectivity index (χ0n) is 14.7. The highest BCUT2D eigenvalue weighted by molar-refractivity contribution is 6.04. The van der Waals surface area contributed by atoms with Crippen LogP contribution >= 0.6 is 12.4 Å². The van der Waals surface area contributed by atoms with Crippen LogP contribution in [0.3, 0.4) is 0 Å². The zero-order valence-corrected chi connectivity index (χ0v) is 15.5. The lowest BCUT2D eigenvalue weighted by Crippen LogP contribution is -2.37. The molecule has 2 aromatic rings. The van der Waals surface area contributed by atoms with Gasteiger partial charge < -0.3 is 10.6 Å². The summed E-state index contributed by atoms with van der Waals surface area (Å²) in [6.07, 6.45) is 8.63. The predicted octanol–water partition coefficient (Wildman–Crippen LogP) is 3.40. The highest BCUT2D eigenvalue weighted by atomic mass is 35.5. The molecule has 2 saturated carbocycles. The number of carbonyl (C=O) groups is 1. The number of hydrogen-bond donors (Lipinski definition) is 2. The smallest absolute Gasteiger partial charge is 0.255 e. The molecule has 0 spiro atoms. The summed E-state index contributed by atoms with van der Waals surface area (Å²) in [6, 6.07) is 7.34. The number of hydrogen-bond acceptors (Lipinski definition) is 3. The van der Waals surface area contributed by atoms with Crippen molar-refractivity contribution >= 4 is 24.0 Å². The van der Waals surface area contributed by atoms with E-state index in [2.05, 4.69) is 34.8 Å². The van der Waals surface area contributed by atoms with Gasteiger partial charge in [0.2, 0.25) is 0 Å². The predicted molar refractivity (Wildman–Crippen MR) is 102 cm³/mol. The fourth-order valence-electron chi connectivity index (χ4n) is 3.47. The molecule has 2 aliphatic rings. The third kappa shape index (κ3) is 3.88. The van der Waals surface area contributed by atoms with E-state index in [1.54, 1.807) is 17.1 Å². The molecular formula is C19H25ClN4O. The SMILES string of the molecule is Cc1ccc(C(=O)Nc2cnn(C)c2)cc1[C@@H]1C[C@H]1NC1CCC1.Cl. The maximum absolute atomic E-state index is 12.5. The van der Waals surface area contributed by atoms with Gasteiger partial charge in [0.15, 0.2) is 0 Å². The Kier molecular flexibility index (Phi) is 5.16. The largest absolute Gasteiger partial charge is 0.319 e. The molecule has 1 amide bonds. The van der Waals surface area contributed by atoms with Crippen LogP contribution in [0, 0.1) is 6.92 Å². The first-order valence-electron chi connectivity index (χ1n) is 8.77. The summed E-state index contributed by atoms with van der Waals surface area (Å²) in [7, 11) is 1.84. The number of halogens is 1. The lowest BCUT2D eigenvalue weighted by molar-refractivity contribution is 0.102. The Labute approximate surface area is 154 Å². The van der Waals surface area contributed by atoms with E-state index in [1.165, 1.54) is 36.8 Å². The molecule has 1 aromatic heterocycles. The van der Waals surface area contributed by atoms with Crippen LogP contribution in [0.15, 0.2) is 30.6 Å². The zero-order chi connectivity index (χ0) is 16.7. The number of benzene rings is 1. The van der Waals surface area contributed by atoms with Gasteiger partial charge in [0.25, 0.3) is 5.91 Å². The average molecular weight is 361 g/mol. The summed E-state index contributed by atoms with van der Waals surface area (Å²) < 4.78 is 1.68. The molecular weight excluding hydrogens is 336 g/mol. The first kappa shape index (κ1) is 18.0. The Morgan fingerprint density at radius 3 is 2.76 bits per heavy atom. The van der Waals surface area contributed by atoms with Gasteiger partial charge in [-0.2, -0.15) is 5.10 Å². The standard InChI is InChI=1S/C19H24N4O.ClH/c1-12-6-7-13(19(24)22-15-10-20-23(2)11-15)8-16(12)17-9-18(17)21-14-4-3-5-14;/h6-8,10-11,14,17-18,21H,3-5,9H2,1-2H3,(H,22,24);1H/t17-,18+;/m0./s1. The molecule has 25 heavy (non-hydrogen) atoms. The van der Waals surface area contributed by atoms with E-state index in [-0.39, 0.29) is 18.3 Å². The van der Waals surface area contributed by atoms with E-state index in [4.69, 9.17) is 0 Å². The molecule has 2 aliphatic carbocycles. The Morgan fingerprint density at radius 1 is 1.32 bits per heavy atom. The topological polar surface area (TPSA) is 59.0 Å². The van der Waals surface area contributed by atoms with Gasteiger partial charge in [0, 0.05) is 36.8 Å². The summed E-state index contributed by atoms with van der Waals surface area (Å²) in [4.78, 5) is 12.5. The third-order valence-electron chi connectivity index (χ3n) is 5.25. The van der Waals surface area contributed by atoms with Crippen molar-refractivity contribution in [2.45, 2.75) is 50.6 Å². The van der Waals surface area contributed by atoms with Gasteiger partial charge in [-0.3, -0.25) is 9.48 Å². The molecule has 4 rings (SSSR count). The van der Waals surface area contributed by atoms with Crippen molar-refractivity contribution in [3.05, 3.63) is 47.3 Å². The summed E-state index contributed by atoms with van der Waals surface area (Å²) in [6.45, 7) is 2.14. The van der Waals surface area contributed by atoms with Crippen LogP contribution in [0.25, 0.3) is 0 Å². The molecule has 6 heteroatoms. The van der Waals surface area contributed by atoms with Gasteiger partial charge in [0.05, 0.1) is 11.9 Å². The Morgan fingerprint density at radius 2 is 2.12 bits per heavy atom. The van der Waals surface area contributed by atoms with E-state index in [0.29, 0.717) is 17.5 Å². The molecule has 134 valence electrons. The Bertz CT molecular complexity index is 769. The Hall–Kier alpha value is -1.85. The third-order valence-corrected chi connectivity index (χ3v) is 5.25. The highest BCUT2D eigenvalue weighted by Crippen LogP contribution is 2.43. The van der Waals surface area contributed by atoms with Crippen molar-refractivity contribution in [3.63, 3.8) is 0 Å². The van der Waals surface area contributed by atoms with Crippen molar-refractivity contribution in [2.24, 2.45) is 7.05 Å². The summed E-state index contributed by atoms with van der Waals surface area (Å²) >= 11 is 0. The van der Waals surface area contributed by atoms with Crippen molar-refractivity contribution in [1.82, 2.24) is 15.1 Å². The second kappa shape index (κ2) is 7.18. The number of rotatable bonds is 5. The van der Waals surface area contributed by atoms with E-state index < -0.39 is 0 Å². The van der Waals surface area contributed by atoms with Crippen molar-refractivity contribution in [1.29, 1.82) is 0 Å². The molecule has 0 unspecified atom stereocenters. The highest BCUT2D eigenvalue weighted by Gasteiger charge is 2.41. The van der Waals surface area contributed by atoms with Crippen molar-refractivity contribution in [3.8, 4) is 0 Å². The maximum Gasteiger partial charge on any atom is 0.255 e. The lowest BCUT2D eigenvalue weighted by atomic mass is 9.93. The van der Waals surface area contributed by atoms with Crippen LogP contribution < -0.4 is 10.6 Å². The van der Waals surface area contributed by atoms with Crippen LogP contribution in [0.5, 0.6) is 0 Å². The number of anilines is 1. The van der Waals surface area contributed by atoms with E-state index in [0.717, 1.165) is 11.7 Å². The molecule has 0 saturated heterocycles. The van der Waals surface area contributed by atoms with Gasteiger partial charge in [0.1, 0.15) is 0 Å². The van der Waals surface area contributed by atoms with Crippen LogP contribution in [0.4, 0.5) is 5.69 Å². The minimum atomic E-state index is -0.0756. The molecule has 0 aliphatic heterocycles. The van der Waals surface area contributed by atoms with Crippen molar-refractivity contribution < 1.29 is 4.79 Å². The lowest BCUT2D eigenvalue weighted by Gasteiger charge is -2.26. The fraction of sp³-hybridized carbons (Fsp3) is 0.474. The average Bonchev–Trinajstić information content (AvgIpc) is 3.17. The summed E-state index contributed by atoms with van der Waals surface area (Å²) in [5, 5.41) is 10.7. The first-order valence-corrected chi connectivity index (χ1v) is 8.77. The molecule has 2 atom stereocenters. The molecule has 1 aromatic carbocycles. The number of aromatic nitrogens is 2. The quantitative estimate of drug-likeness (QED) is 0.859. The molecule has 0 radical (unpaired) electrons. The Balaban J connectivity index is 0.00000182. The molecule has 1 heterocycles. The van der Waals surface area contributed by atoms with Crippen LogP contribution in [0.1, 0.15) is 53.1 Å². The summed E-state index contributed by atoms with van der Waals surface area (Å²) in [5.41, 5.74) is 4.02. The van der Waals surface area contributed by atoms with Gasteiger partial charge in [-0.15, -0.1) is 12.4 Å². The monoisotopic (exact) mass is 360 g/mol. The number of nitrogens with one attached hydrogen (secondary N) is 2. The van der Waals surface area contributed by atoms with E-state index in [1.807, 2.05) is 13.1 Å². The second-order valence-electron chi connectivity index (χ2n) is 7.17. The van der Waals surface area contributed by atoms with E-state index in [9.17, 15) is 4.79 Å². The van der Waals surface area contributed by atoms with Crippen molar-refractivity contribution in [2.75, 3.05) is 5.32 Å². The van der Waals surface area contributed by atoms with Gasteiger partial charge in [-0.1, -0.05) is 12.5 Å². The minimum absolute atomic E-state index is 0. The van der Waals surface area contributed by atoms with Gasteiger partial charge in [-0.25, -0.2) is 0 Å². The van der Waals surface area contributed by atoms with E-state index >= 15 is 0 Å². The maximum atomic E-state index is 12.5. The number of amides is 1.